The number of aromatic amines is 1. The zero-order chi connectivity index (χ0) is 13.0. The number of hydrogen-bond acceptors (Lipinski definition) is 3. The summed E-state index contributed by atoms with van der Waals surface area (Å²) in [5, 5.41) is 0.142. The fourth-order valence-corrected chi connectivity index (χ4v) is 1.81. The van der Waals surface area contributed by atoms with Gasteiger partial charge in [0, 0.05) is 7.11 Å². The number of hydrogen-bond donors (Lipinski definition) is 1. The molecule has 1 aromatic heterocycles. The van der Waals surface area contributed by atoms with Crippen molar-refractivity contribution in [1.29, 1.82) is 0 Å². The summed E-state index contributed by atoms with van der Waals surface area (Å²) in [6.07, 6.45) is 1.14. The van der Waals surface area contributed by atoms with Crippen molar-refractivity contribution in [3.63, 3.8) is 0 Å². The van der Waals surface area contributed by atoms with E-state index in [0.717, 1.165) is 11.0 Å². The molecule has 0 radical (unpaired) electrons. The topological polar surface area (TPSA) is 64.1 Å². The molecule has 0 aliphatic heterocycles. The van der Waals surface area contributed by atoms with Crippen molar-refractivity contribution >= 4 is 11.6 Å². The number of methoxy groups -OCH3 is 1. The van der Waals surface area contributed by atoms with Crippen LogP contribution in [-0.4, -0.2) is 22.8 Å². The van der Waals surface area contributed by atoms with E-state index in [9.17, 15) is 9.59 Å². The van der Waals surface area contributed by atoms with E-state index in [1.807, 2.05) is 6.92 Å². The van der Waals surface area contributed by atoms with Crippen LogP contribution in [0.3, 0.4) is 0 Å². The number of ether oxygens (including phenoxy) is 1. The molecule has 0 aliphatic rings. The summed E-state index contributed by atoms with van der Waals surface area (Å²) in [6.45, 7) is 3.96. The van der Waals surface area contributed by atoms with Gasteiger partial charge in [0.15, 0.2) is 0 Å². The number of halogens is 1. The smallest absolute Gasteiger partial charge is 0.329 e. The Morgan fingerprint density at radius 3 is 2.65 bits per heavy atom. The maximum absolute atomic E-state index is 12.1. The number of nitrogens with one attached hydrogen (secondary N) is 1. The van der Waals surface area contributed by atoms with E-state index < -0.39 is 5.69 Å². The molecular weight excluding hydrogens is 244 g/mol. The summed E-state index contributed by atoms with van der Waals surface area (Å²) in [7, 11) is 1.53. The van der Waals surface area contributed by atoms with E-state index >= 15 is 0 Å². The minimum atomic E-state index is -0.497. The Balaban J connectivity index is 3.26. The van der Waals surface area contributed by atoms with Gasteiger partial charge in [-0.05, 0) is 13.3 Å². The van der Waals surface area contributed by atoms with E-state index in [0.29, 0.717) is 12.0 Å². The minimum absolute atomic E-state index is 0.142. The third-order valence-electron chi connectivity index (χ3n) is 2.57. The van der Waals surface area contributed by atoms with Crippen molar-refractivity contribution in [3.05, 3.63) is 31.6 Å². The molecule has 17 heavy (non-hydrogen) atoms. The minimum Gasteiger partial charge on any atom is -0.380 e. The first-order chi connectivity index (χ1) is 8.01. The highest BCUT2D eigenvalue weighted by Gasteiger charge is 2.13. The lowest BCUT2D eigenvalue weighted by Gasteiger charge is -2.12. The number of aromatic nitrogens is 2. The van der Waals surface area contributed by atoms with Crippen LogP contribution in [0.4, 0.5) is 0 Å². The number of nitrogens with zero attached hydrogens (tertiary/aromatic N) is 1. The second kappa shape index (κ2) is 6.02. The summed E-state index contributed by atoms with van der Waals surface area (Å²) in [6, 6.07) is 0. The molecule has 1 N–H and O–H groups in total. The van der Waals surface area contributed by atoms with Crippen LogP contribution >= 0.6 is 11.6 Å². The summed E-state index contributed by atoms with van der Waals surface area (Å²) < 4.78 is 6.18. The van der Waals surface area contributed by atoms with Crippen molar-refractivity contribution in [1.82, 2.24) is 9.55 Å². The highest BCUT2D eigenvalue weighted by atomic mass is 35.5. The van der Waals surface area contributed by atoms with Crippen LogP contribution in [0, 0.1) is 0 Å². The molecule has 1 unspecified atom stereocenters. The second-order valence-electron chi connectivity index (χ2n) is 3.93. The largest absolute Gasteiger partial charge is 0.380 e. The zero-order valence-electron chi connectivity index (χ0n) is 10.2. The van der Waals surface area contributed by atoms with Gasteiger partial charge in [0.25, 0.3) is 5.56 Å². The molecule has 1 rings (SSSR count). The quantitative estimate of drug-likeness (QED) is 0.809. The Kier molecular flexibility index (Phi) is 4.96. The molecule has 1 aromatic rings. The van der Waals surface area contributed by atoms with Crippen LogP contribution in [0.25, 0.3) is 0 Å². The van der Waals surface area contributed by atoms with Gasteiger partial charge in [0.2, 0.25) is 0 Å². The molecule has 0 bridgehead atoms. The summed E-state index contributed by atoms with van der Waals surface area (Å²) in [5.74, 6) is 0. The lowest BCUT2D eigenvalue weighted by atomic mass is 10.2. The zero-order valence-corrected chi connectivity index (χ0v) is 11.0. The predicted molar refractivity (Wildman–Crippen MR) is 66.8 cm³/mol. The third-order valence-corrected chi connectivity index (χ3v) is 2.89. The third kappa shape index (κ3) is 3.20. The van der Waals surface area contributed by atoms with Crippen molar-refractivity contribution in [3.8, 4) is 0 Å². The summed E-state index contributed by atoms with van der Waals surface area (Å²) in [5.41, 5.74) is -0.370. The molecular formula is C11H17ClN2O3. The maximum Gasteiger partial charge on any atom is 0.329 e. The summed E-state index contributed by atoms with van der Waals surface area (Å²) in [4.78, 5) is 26.2. The first-order valence-corrected chi connectivity index (χ1v) is 5.93. The van der Waals surface area contributed by atoms with Crippen LogP contribution in [0.5, 0.6) is 0 Å². The molecule has 1 heterocycles. The van der Waals surface area contributed by atoms with Gasteiger partial charge in [-0.1, -0.05) is 24.9 Å². The van der Waals surface area contributed by atoms with Gasteiger partial charge < -0.3 is 4.74 Å². The molecule has 6 heteroatoms. The monoisotopic (exact) mass is 260 g/mol. The number of H-pyrrole nitrogens is 1. The Morgan fingerprint density at radius 2 is 2.12 bits per heavy atom. The maximum atomic E-state index is 12.1. The fourth-order valence-electron chi connectivity index (χ4n) is 1.55. The Morgan fingerprint density at radius 1 is 1.47 bits per heavy atom. The SMILES string of the molecule is CCCc1c(Cl)[nH]c(=O)n(CC(C)OC)c1=O. The van der Waals surface area contributed by atoms with Gasteiger partial charge in [-0.2, -0.15) is 0 Å². The molecule has 0 spiro atoms. The van der Waals surface area contributed by atoms with Crippen molar-refractivity contribution in [2.75, 3.05) is 7.11 Å². The van der Waals surface area contributed by atoms with Crippen LogP contribution < -0.4 is 11.2 Å². The normalized spacial score (nSPS) is 12.7. The van der Waals surface area contributed by atoms with Gasteiger partial charge in [-0.25, -0.2) is 4.79 Å². The van der Waals surface area contributed by atoms with Gasteiger partial charge in [-0.15, -0.1) is 0 Å². The Hall–Kier alpha value is -1.07. The van der Waals surface area contributed by atoms with Crippen LogP contribution in [0.2, 0.25) is 5.15 Å². The molecule has 0 saturated heterocycles. The van der Waals surface area contributed by atoms with Crippen LogP contribution in [-0.2, 0) is 17.7 Å². The van der Waals surface area contributed by atoms with Gasteiger partial charge >= 0.3 is 5.69 Å². The van der Waals surface area contributed by atoms with Crippen LogP contribution in [0.15, 0.2) is 9.59 Å². The molecule has 96 valence electrons. The highest BCUT2D eigenvalue weighted by molar-refractivity contribution is 6.30. The van der Waals surface area contributed by atoms with Gasteiger partial charge in [-0.3, -0.25) is 14.3 Å². The Bertz CT molecular complexity index is 492. The van der Waals surface area contributed by atoms with E-state index in [4.69, 9.17) is 16.3 Å². The van der Waals surface area contributed by atoms with E-state index in [1.54, 1.807) is 6.92 Å². The van der Waals surface area contributed by atoms with E-state index in [1.165, 1.54) is 7.11 Å². The van der Waals surface area contributed by atoms with E-state index in [2.05, 4.69) is 4.98 Å². The average Bonchev–Trinajstić information content (AvgIpc) is 2.29. The summed E-state index contributed by atoms with van der Waals surface area (Å²) >= 11 is 5.86. The van der Waals surface area contributed by atoms with Crippen LogP contribution in [0.1, 0.15) is 25.8 Å². The highest BCUT2D eigenvalue weighted by Crippen LogP contribution is 2.08. The number of rotatable bonds is 5. The first kappa shape index (κ1) is 14.0. The fraction of sp³-hybridized carbons (Fsp3) is 0.636. The standard InChI is InChI=1S/C11H17ClN2O3/c1-4-5-8-9(12)13-11(16)14(10(8)15)6-7(2)17-3/h7H,4-6H2,1-3H3,(H,13,16). The lowest BCUT2D eigenvalue weighted by Crippen LogP contribution is -2.40. The predicted octanol–water partition coefficient (Wildman–Crippen LogP) is 1.18. The molecule has 0 amide bonds. The molecule has 0 aromatic carbocycles. The van der Waals surface area contributed by atoms with Crippen molar-refractivity contribution in [2.45, 2.75) is 39.3 Å². The first-order valence-electron chi connectivity index (χ1n) is 5.55. The van der Waals surface area contributed by atoms with Gasteiger partial charge in [0.1, 0.15) is 5.15 Å². The molecule has 1 atom stereocenters. The average molecular weight is 261 g/mol. The Labute approximate surface area is 104 Å². The molecule has 0 fully saturated rings. The molecule has 0 saturated carbocycles. The van der Waals surface area contributed by atoms with Crippen molar-refractivity contribution < 1.29 is 4.74 Å². The lowest BCUT2D eigenvalue weighted by molar-refractivity contribution is 0.101. The van der Waals surface area contributed by atoms with E-state index in [-0.39, 0.29) is 23.4 Å². The molecule has 0 aliphatic carbocycles. The molecule has 5 nitrogen and oxygen atoms in total. The second-order valence-corrected chi connectivity index (χ2v) is 4.31. The van der Waals surface area contributed by atoms with Gasteiger partial charge in [0.05, 0.1) is 18.2 Å². The van der Waals surface area contributed by atoms with Crippen molar-refractivity contribution in [2.24, 2.45) is 0 Å².